The minimum absolute atomic E-state index is 0.0220. The van der Waals surface area contributed by atoms with Crippen molar-refractivity contribution in [1.29, 1.82) is 0 Å². The minimum atomic E-state index is 0.0220. The fraction of sp³-hybridized carbons (Fsp3) is 0.286. The molecule has 0 aliphatic rings. The minimum Gasteiger partial charge on any atom is -0.497 e. The van der Waals surface area contributed by atoms with Crippen molar-refractivity contribution in [2.24, 2.45) is 5.73 Å². The maximum atomic E-state index is 12.2. The number of hydrogen-bond donors (Lipinski definition) is 2. The van der Waals surface area contributed by atoms with Gasteiger partial charge < -0.3 is 20.4 Å². The molecule has 3 N–H and O–H groups in total. The van der Waals surface area contributed by atoms with Crippen LogP contribution >= 0.6 is 0 Å². The van der Waals surface area contributed by atoms with Crippen LogP contribution in [0.3, 0.4) is 0 Å². The Kier molecular flexibility index (Phi) is 5.92. The van der Waals surface area contributed by atoms with Crippen molar-refractivity contribution in [2.75, 3.05) is 20.2 Å². The maximum absolute atomic E-state index is 12.2. The molecule has 0 unspecified atom stereocenters. The molecular formula is C21H25N3O2. The number of nitrogens with two attached hydrogens (primary N) is 1. The molecule has 0 atom stereocenters. The molecule has 136 valence electrons. The Labute approximate surface area is 153 Å². The molecule has 0 saturated heterocycles. The molecule has 26 heavy (non-hydrogen) atoms. The van der Waals surface area contributed by atoms with Crippen LogP contribution < -0.4 is 15.8 Å². The standard InChI is InChI=1S/C21H25N3O2/c1-26-18-8-6-16(7-9-18)14-21(25)23-12-13-24-15-17(10-11-22)19-4-2-3-5-20(19)24/h2-9,15H,10-14,22H2,1H3,(H,23,25). The molecule has 0 aliphatic carbocycles. The van der Waals surface area contributed by atoms with E-state index in [0.29, 0.717) is 19.5 Å². The maximum Gasteiger partial charge on any atom is 0.224 e. The van der Waals surface area contributed by atoms with E-state index in [2.05, 4.69) is 28.2 Å². The second-order valence-corrected chi connectivity index (χ2v) is 6.28. The van der Waals surface area contributed by atoms with Gasteiger partial charge in [0, 0.05) is 30.2 Å². The molecule has 2 aromatic carbocycles. The number of para-hydroxylation sites is 1. The number of carbonyl (C=O) groups is 1. The fourth-order valence-electron chi connectivity index (χ4n) is 3.17. The van der Waals surface area contributed by atoms with Crippen LogP contribution in [0.2, 0.25) is 0 Å². The van der Waals surface area contributed by atoms with Crippen molar-refractivity contribution in [3.05, 3.63) is 65.9 Å². The molecule has 0 bridgehead atoms. The summed E-state index contributed by atoms with van der Waals surface area (Å²) < 4.78 is 7.32. The van der Waals surface area contributed by atoms with Crippen LogP contribution in [-0.2, 0) is 24.2 Å². The Bertz CT molecular complexity index is 869. The summed E-state index contributed by atoms with van der Waals surface area (Å²) >= 11 is 0. The lowest BCUT2D eigenvalue weighted by Crippen LogP contribution is -2.28. The molecule has 0 radical (unpaired) electrons. The van der Waals surface area contributed by atoms with E-state index >= 15 is 0 Å². The van der Waals surface area contributed by atoms with Gasteiger partial charge in [-0.25, -0.2) is 0 Å². The highest BCUT2D eigenvalue weighted by Crippen LogP contribution is 2.21. The highest BCUT2D eigenvalue weighted by Gasteiger charge is 2.08. The van der Waals surface area contributed by atoms with E-state index < -0.39 is 0 Å². The fourth-order valence-corrected chi connectivity index (χ4v) is 3.17. The van der Waals surface area contributed by atoms with Gasteiger partial charge in [-0.3, -0.25) is 4.79 Å². The molecule has 0 fully saturated rings. The van der Waals surface area contributed by atoms with Gasteiger partial charge in [0.2, 0.25) is 5.91 Å². The van der Waals surface area contributed by atoms with Crippen molar-refractivity contribution < 1.29 is 9.53 Å². The second-order valence-electron chi connectivity index (χ2n) is 6.28. The Morgan fingerprint density at radius 1 is 1.15 bits per heavy atom. The van der Waals surface area contributed by atoms with Gasteiger partial charge in [0.15, 0.2) is 0 Å². The highest BCUT2D eigenvalue weighted by atomic mass is 16.5. The Morgan fingerprint density at radius 2 is 1.92 bits per heavy atom. The molecule has 1 amide bonds. The van der Waals surface area contributed by atoms with E-state index in [4.69, 9.17) is 10.5 Å². The zero-order valence-corrected chi connectivity index (χ0v) is 15.1. The molecule has 0 aliphatic heterocycles. The van der Waals surface area contributed by atoms with E-state index in [9.17, 15) is 4.79 Å². The third kappa shape index (κ3) is 4.24. The van der Waals surface area contributed by atoms with E-state index in [-0.39, 0.29) is 5.91 Å². The lowest BCUT2D eigenvalue weighted by atomic mass is 10.1. The van der Waals surface area contributed by atoms with Crippen LogP contribution in [0.15, 0.2) is 54.7 Å². The van der Waals surface area contributed by atoms with Gasteiger partial charge in [-0.05, 0) is 42.3 Å². The van der Waals surface area contributed by atoms with Gasteiger partial charge in [-0.1, -0.05) is 30.3 Å². The zero-order valence-electron chi connectivity index (χ0n) is 15.1. The summed E-state index contributed by atoms with van der Waals surface area (Å²) in [5.41, 5.74) is 9.13. The van der Waals surface area contributed by atoms with Crippen LogP contribution in [0.5, 0.6) is 5.75 Å². The first-order valence-electron chi connectivity index (χ1n) is 8.87. The molecule has 1 heterocycles. The predicted octanol–water partition coefficient (Wildman–Crippen LogP) is 2.51. The van der Waals surface area contributed by atoms with Crippen molar-refractivity contribution >= 4 is 16.8 Å². The molecule has 1 aromatic heterocycles. The molecule has 5 heteroatoms. The average Bonchev–Trinajstić information content (AvgIpc) is 3.01. The number of carbonyl (C=O) groups excluding carboxylic acids is 1. The quantitative estimate of drug-likeness (QED) is 0.655. The number of nitrogens with zero attached hydrogens (tertiary/aromatic N) is 1. The number of fused-ring (bicyclic) bond motifs is 1. The van der Waals surface area contributed by atoms with Crippen LogP contribution in [0.1, 0.15) is 11.1 Å². The summed E-state index contributed by atoms with van der Waals surface area (Å²) in [7, 11) is 1.63. The van der Waals surface area contributed by atoms with Gasteiger partial charge in [0.05, 0.1) is 13.5 Å². The number of methoxy groups -OCH3 is 1. The number of amides is 1. The lowest BCUT2D eigenvalue weighted by molar-refractivity contribution is -0.120. The Morgan fingerprint density at radius 3 is 2.65 bits per heavy atom. The van der Waals surface area contributed by atoms with Crippen molar-refractivity contribution in [3.8, 4) is 5.75 Å². The van der Waals surface area contributed by atoms with E-state index in [1.807, 2.05) is 36.4 Å². The predicted molar refractivity (Wildman–Crippen MR) is 104 cm³/mol. The summed E-state index contributed by atoms with van der Waals surface area (Å²) in [5.74, 6) is 0.815. The zero-order chi connectivity index (χ0) is 18.4. The smallest absolute Gasteiger partial charge is 0.224 e. The first-order valence-corrected chi connectivity index (χ1v) is 8.87. The third-order valence-corrected chi connectivity index (χ3v) is 4.48. The van der Waals surface area contributed by atoms with Crippen molar-refractivity contribution in [2.45, 2.75) is 19.4 Å². The average molecular weight is 351 g/mol. The SMILES string of the molecule is COc1ccc(CC(=O)NCCn2cc(CCN)c3ccccc32)cc1. The Hall–Kier alpha value is -2.79. The van der Waals surface area contributed by atoms with Gasteiger partial charge in [-0.2, -0.15) is 0 Å². The number of hydrogen-bond acceptors (Lipinski definition) is 3. The number of nitrogens with one attached hydrogen (secondary N) is 1. The summed E-state index contributed by atoms with van der Waals surface area (Å²) in [6.45, 7) is 1.96. The summed E-state index contributed by atoms with van der Waals surface area (Å²) in [4.78, 5) is 12.2. The normalized spacial score (nSPS) is 10.8. The third-order valence-electron chi connectivity index (χ3n) is 4.48. The van der Waals surface area contributed by atoms with Gasteiger partial charge in [-0.15, -0.1) is 0 Å². The molecular weight excluding hydrogens is 326 g/mol. The lowest BCUT2D eigenvalue weighted by Gasteiger charge is -2.08. The monoisotopic (exact) mass is 351 g/mol. The van der Waals surface area contributed by atoms with E-state index in [1.165, 1.54) is 16.5 Å². The van der Waals surface area contributed by atoms with Crippen LogP contribution in [0.4, 0.5) is 0 Å². The second kappa shape index (κ2) is 8.54. The van der Waals surface area contributed by atoms with Crippen molar-refractivity contribution in [3.63, 3.8) is 0 Å². The number of aromatic nitrogens is 1. The van der Waals surface area contributed by atoms with E-state index in [0.717, 1.165) is 24.3 Å². The largest absolute Gasteiger partial charge is 0.497 e. The molecule has 0 spiro atoms. The first kappa shape index (κ1) is 18.0. The van der Waals surface area contributed by atoms with Crippen LogP contribution in [0, 0.1) is 0 Å². The highest BCUT2D eigenvalue weighted by molar-refractivity contribution is 5.84. The van der Waals surface area contributed by atoms with Gasteiger partial charge >= 0.3 is 0 Å². The molecule has 3 rings (SSSR count). The summed E-state index contributed by atoms with van der Waals surface area (Å²) in [6.07, 6.45) is 3.37. The first-order chi connectivity index (χ1) is 12.7. The number of benzene rings is 2. The van der Waals surface area contributed by atoms with E-state index in [1.54, 1.807) is 7.11 Å². The van der Waals surface area contributed by atoms with Crippen LogP contribution in [-0.4, -0.2) is 30.7 Å². The number of rotatable bonds is 8. The summed E-state index contributed by atoms with van der Waals surface area (Å²) in [5, 5.41) is 4.24. The molecule has 3 aromatic rings. The molecule has 0 saturated carbocycles. The topological polar surface area (TPSA) is 69.3 Å². The number of ether oxygens (including phenoxy) is 1. The Balaban J connectivity index is 1.57. The summed E-state index contributed by atoms with van der Waals surface area (Å²) in [6, 6.07) is 15.9. The van der Waals surface area contributed by atoms with Crippen molar-refractivity contribution in [1.82, 2.24) is 9.88 Å². The molecule has 5 nitrogen and oxygen atoms in total. The van der Waals surface area contributed by atoms with Gasteiger partial charge in [0.1, 0.15) is 5.75 Å². The van der Waals surface area contributed by atoms with Gasteiger partial charge in [0.25, 0.3) is 0 Å². The van der Waals surface area contributed by atoms with Crippen LogP contribution in [0.25, 0.3) is 10.9 Å².